The van der Waals surface area contributed by atoms with Crippen molar-refractivity contribution in [3.8, 4) is 29.2 Å². The summed E-state index contributed by atoms with van der Waals surface area (Å²) in [5.74, 6) is -3.43. The van der Waals surface area contributed by atoms with Gasteiger partial charge in [-0.2, -0.15) is 0 Å². The molecule has 0 radical (unpaired) electrons. The zero-order valence-corrected chi connectivity index (χ0v) is 15.0. The molecular weight excluding hydrogens is 378 g/mol. The molecule has 1 saturated carbocycles. The largest absolute Gasteiger partial charge is 0.494 e. The smallest absolute Gasteiger partial charge is 0.332 e. The Kier molecular flexibility index (Phi) is 3.08. The molecular formula is C20H15N3O6. The standard InChI is InChI=1S/C20H15N3O6/c24-16-11-9-6-7-10(14-13(9)18(26)29-19(14)27)12(11)17(25)23(16)20-22-21-15(28-20)8-4-2-1-3-5-8/h1-5,9-10,13-14,24-25H,6-7H2. The van der Waals surface area contributed by atoms with Crippen LogP contribution in [0.5, 0.6) is 11.8 Å². The monoisotopic (exact) mass is 393 g/mol. The first-order chi connectivity index (χ1) is 14.1. The van der Waals surface area contributed by atoms with Gasteiger partial charge in [0, 0.05) is 28.5 Å². The maximum Gasteiger partial charge on any atom is 0.332 e. The summed E-state index contributed by atoms with van der Waals surface area (Å²) in [5, 5.41) is 29.8. The van der Waals surface area contributed by atoms with Crippen molar-refractivity contribution < 1.29 is 29.0 Å². The van der Waals surface area contributed by atoms with E-state index < -0.39 is 35.6 Å². The fourth-order valence-corrected chi connectivity index (χ4v) is 5.22. The van der Waals surface area contributed by atoms with Gasteiger partial charge < -0.3 is 19.4 Å². The SMILES string of the molecule is O=C1OC(=O)C2C3CCC(c4c3c(O)n(-c3nnc(-c5ccccc5)o3)c4O)C12. The predicted molar refractivity (Wildman–Crippen MR) is 95.2 cm³/mol. The number of aromatic hydroxyl groups is 2. The molecule has 3 aliphatic carbocycles. The van der Waals surface area contributed by atoms with Gasteiger partial charge in [-0.05, 0) is 25.0 Å². The van der Waals surface area contributed by atoms with E-state index in [1.807, 2.05) is 18.2 Å². The summed E-state index contributed by atoms with van der Waals surface area (Å²) in [6.45, 7) is 0. The first-order valence-corrected chi connectivity index (χ1v) is 9.37. The van der Waals surface area contributed by atoms with Crippen molar-refractivity contribution in [1.29, 1.82) is 0 Å². The van der Waals surface area contributed by atoms with Gasteiger partial charge in [0.15, 0.2) is 0 Å². The second-order valence-electron chi connectivity index (χ2n) is 7.65. The number of fused-ring (bicyclic) bond motifs is 1. The van der Waals surface area contributed by atoms with E-state index in [1.165, 1.54) is 0 Å². The van der Waals surface area contributed by atoms with E-state index in [2.05, 4.69) is 10.2 Å². The van der Waals surface area contributed by atoms with E-state index >= 15 is 0 Å². The lowest BCUT2D eigenvalue weighted by molar-refractivity contribution is -0.153. The van der Waals surface area contributed by atoms with Crippen molar-refractivity contribution in [2.75, 3.05) is 0 Å². The first kappa shape index (κ1) is 16.3. The maximum absolute atomic E-state index is 12.2. The van der Waals surface area contributed by atoms with Crippen LogP contribution in [0.1, 0.15) is 35.8 Å². The molecule has 3 heterocycles. The van der Waals surface area contributed by atoms with Crippen LogP contribution in [0.4, 0.5) is 0 Å². The van der Waals surface area contributed by atoms with Gasteiger partial charge in [0.05, 0.1) is 11.8 Å². The van der Waals surface area contributed by atoms with Crippen molar-refractivity contribution in [2.24, 2.45) is 11.8 Å². The molecule has 146 valence electrons. The lowest BCUT2D eigenvalue weighted by Gasteiger charge is -2.41. The quantitative estimate of drug-likeness (QED) is 0.501. The average molecular weight is 393 g/mol. The highest BCUT2D eigenvalue weighted by Gasteiger charge is 2.61. The van der Waals surface area contributed by atoms with Gasteiger partial charge in [-0.25, -0.2) is 4.57 Å². The molecule has 7 rings (SSSR count). The normalized spacial score (nSPS) is 27.0. The molecule has 2 bridgehead atoms. The van der Waals surface area contributed by atoms with Crippen molar-refractivity contribution in [3.63, 3.8) is 0 Å². The Hall–Kier alpha value is -3.62. The lowest BCUT2D eigenvalue weighted by Crippen LogP contribution is -2.39. The molecule has 29 heavy (non-hydrogen) atoms. The molecule has 2 fully saturated rings. The molecule has 4 atom stereocenters. The van der Waals surface area contributed by atoms with Gasteiger partial charge in [0.1, 0.15) is 0 Å². The van der Waals surface area contributed by atoms with E-state index in [9.17, 15) is 19.8 Å². The number of hydrogen-bond acceptors (Lipinski definition) is 8. The van der Waals surface area contributed by atoms with E-state index in [0.29, 0.717) is 29.5 Å². The third-order valence-electron chi connectivity index (χ3n) is 6.35. The molecule has 2 aromatic heterocycles. The zero-order chi connectivity index (χ0) is 19.9. The number of ether oxygens (including phenoxy) is 1. The number of carbonyl (C=O) groups is 2. The summed E-state index contributed by atoms with van der Waals surface area (Å²) in [5.41, 5.74) is 1.63. The van der Waals surface area contributed by atoms with Gasteiger partial charge in [-0.1, -0.05) is 23.3 Å². The summed E-state index contributed by atoms with van der Waals surface area (Å²) in [6.07, 6.45) is 1.24. The summed E-state index contributed by atoms with van der Waals surface area (Å²) < 4.78 is 11.6. The molecule has 3 aromatic rings. The molecule has 1 aliphatic heterocycles. The average Bonchev–Trinajstić information content (AvgIpc) is 3.40. The van der Waals surface area contributed by atoms with Crippen LogP contribution in [0.2, 0.25) is 0 Å². The van der Waals surface area contributed by atoms with Crippen LogP contribution in [-0.2, 0) is 14.3 Å². The van der Waals surface area contributed by atoms with Crippen molar-refractivity contribution in [1.82, 2.24) is 14.8 Å². The van der Waals surface area contributed by atoms with Crippen molar-refractivity contribution in [2.45, 2.75) is 24.7 Å². The van der Waals surface area contributed by atoms with Gasteiger partial charge in [0.25, 0.3) is 0 Å². The molecule has 2 N–H and O–H groups in total. The summed E-state index contributed by atoms with van der Waals surface area (Å²) in [7, 11) is 0. The fraction of sp³-hybridized carbons (Fsp3) is 0.300. The number of rotatable bonds is 2. The molecule has 0 amide bonds. The Bertz CT molecular complexity index is 1130. The summed E-state index contributed by atoms with van der Waals surface area (Å²) in [4.78, 5) is 24.4. The van der Waals surface area contributed by atoms with Gasteiger partial charge in [0.2, 0.25) is 17.7 Å². The van der Waals surface area contributed by atoms with E-state index in [0.717, 1.165) is 4.57 Å². The predicted octanol–water partition coefficient (Wildman–Crippen LogP) is 2.23. The molecule has 0 spiro atoms. The summed E-state index contributed by atoms with van der Waals surface area (Å²) >= 11 is 0. The topological polar surface area (TPSA) is 128 Å². The Morgan fingerprint density at radius 3 is 2.07 bits per heavy atom. The highest BCUT2D eigenvalue weighted by molar-refractivity contribution is 5.98. The highest BCUT2D eigenvalue weighted by Crippen LogP contribution is 2.63. The number of cyclic esters (lactones) is 2. The Morgan fingerprint density at radius 2 is 1.48 bits per heavy atom. The van der Waals surface area contributed by atoms with Crippen LogP contribution in [0.25, 0.3) is 17.5 Å². The minimum absolute atomic E-state index is 0.0910. The lowest BCUT2D eigenvalue weighted by atomic mass is 9.58. The van der Waals surface area contributed by atoms with Crippen LogP contribution in [0.3, 0.4) is 0 Å². The van der Waals surface area contributed by atoms with E-state index in [4.69, 9.17) is 9.15 Å². The van der Waals surface area contributed by atoms with Crippen LogP contribution in [-0.4, -0.2) is 36.9 Å². The van der Waals surface area contributed by atoms with Gasteiger partial charge >= 0.3 is 18.0 Å². The number of hydrogen-bond donors (Lipinski definition) is 2. The summed E-state index contributed by atoms with van der Waals surface area (Å²) in [6, 6.07) is 9.03. The molecule has 4 aliphatic rings. The van der Waals surface area contributed by atoms with E-state index in [-0.39, 0.29) is 23.7 Å². The van der Waals surface area contributed by atoms with Crippen LogP contribution in [0, 0.1) is 11.8 Å². The highest BCUT2D eigenvalue weighted by atomic mass is 16.6. The number of benzene rings is 1. The minimum atomic E-state index is -0.627. The number of aromatic nitrogens is 3. The fourth-order valence-electron chi connectivity index (χ4n) is 5.22. The number of carbonyl (C=O) groups excluding carboxylic acids is 2. The second kappa shape index (κ2) is 5.47. The van der Waals surface area contributed by atoms with Crippen molar-refractivity contribution in [3.05, 3.63) is 41.5 Å². The van der Waals surface area contributed by atoms with E-state index in [1.54, 1.807) is 12.1 Å². The molecule has 4 unspecified atom stereocenters. The Balaban J connectivity index is 1.50. The third-order valence-corrected chi connectivity index (χ3v) is 6.35. The molecule has 1 saturated heterocycles. The van der Waals surface area contributed by atoms with Crippen molar-refractivity contribution >= 4 is 11.9 Å². The van der Waals surface area contributed by atoms with Gasteiger partial charge in [-0.15, -0.1) is 5.10 Å². The van der Waals surface area contributed by atoms with Crippen LogP contribution < -0.4 is 0 Å². The molecule has 9 nitrogen and oxygen atoms in total. The number of esters is 2. The number of nitrogens with zero attached hydrogens (tertiary/aromatic N) is 3. The van der Waals surface area contributed by atoms with Crippen LogP contribution in [0.15, 0.2) is 34.7 Å². The zero-order valence-electron chi connectivity index (χ0n) is 15.0. The maximum atomic E-state index is 12.2. The Morgan fingerprint density at radius 1 is 0.897 bits per heavy atom. The Labute approximate surface area is 163 Å². The molecule has 1 aromatic carbocycles. The third kappa shape index (κ3) is 1.99. The molecule has 9 heteroatoms. The van der Waals surface area contributed by atoms with Gasteiger partial charge in [-0.3, -0.25) is 9.59 Å². The van der Waals surface area contributed by atoms with Crippen LogP contribution >= 0.6 is 0 Å². The second-order valence-corrected chi connectivity index (χ2v) is 7.65. The first-order valence-electron chi connectivity index (χ1n) is 9.37. The minimum Gasteiger partial charge on any atom is -0.494 e.